The van der Waals surface area contributed by atoms with Crippen molar-refractivity contribution in [3.63, 3.8) is 0 Å². The van der Waals surface area contributed by atoms with Crippen molar-refractivity contribution in [3.8, 4) is 5.75 Å². The molecule has 0 saturated heterocycles. The van der Waals surface area contributed by atoms with Gasteiger partial charge in [-0.25, -0.2) is 0 Å². The molecule has 0 fully saturated rings. The standard InChI is InChI=1S/C11H13Cl2NO2/c1-6(15)11(14-2)7-4-9(13)10(16-3)5-8(7)12/h4-5,11,14H,1-3H3. The van der Waals surface area contributed by atoms with Crippen LogP contribution in [0.25, 0.3) is 0 Å². The van der Waals surface area contributed by atoms with E-state index in [1.165, 1.54) is 14.0 Å². The number of methoxy groups -OCH3 is 1. The lowest BCUT2D eigenvalue weighted by molar-refractivity contribution is -0.119. The molecule has 1 unspecified atom stereocenters. The average Bonchev–Trinajstić information content (AvgIpc) is 2.23. The first-order valence-corrected chi connectivity index (χ1v) is 5.47. The number of likely N-dealkylation sites (N-methyl/N-ethyl adjacent to an activating group) is 1. The molecule has 5 heteroatoms. The molecule has 0 bridgehead atoms. The first kappa shape index (κ1) is 13.3. The Kier molecular flexibility index (Phi) is 4.59. The molecular formula is C11H13Cl2NO2. The molecule has 1 rings (SSSR count). The Bertz CT molecular complexity index is 407. The Hall–Kier alpha value is -0.770. The van der Waals surface area contributed by atoms with E-state index in [9.17, 15) is 4.79 Å². The van der Waals surface area contributed by atoms with Crippen LogP contribution < -0.4 is 10.1 Å². The van der Waals surface area contributed by atoms with Crippen LogP contribution in [0.2, 0.25) is 10.0 Å². The summed E-state index contributed by atoms with van der Waals surface area (Å²) in [6, 6.07) is 2.80. The van der Waals surface area contributed by atoms with Crippen LogP contribution in [0, 0.1) is 0 Å². The number of Topliss-reactive ketones (excluding diaryl/α,β-unsaturated/α-hetero) is 1. The minimum Gasteiger partial charge on any atom is -0.495 e. The Morgan fingerprint density at radius 2 is 2.00 bits per heavy atom. The van der Waals surface area contributed by atoms with Crippen molar-refractivity contribution in [2.24, 2.45) is 0 Å². The van der Waals surface area contributed by atoms with Gasteiger partial charge in [0.15, 0.2) is 5.78 Å². The number of halogens is 2. The predicted octanol–water partition coefficient (Wildman–Crippen LogP) is 2.85. The van der Waals surface area contributed by atoms with E-state index in [0.29, 0.717) is 21.4 Å². The van der Waals surface area contributed by atoms with Gasteiger partial charge in [-0.05, 0) is 25.6 Å². The number of ketones is 1. The van der Waals surface area contributed by atoms with E-state index in [-0.39, 0.29) is 5.78 Å². The molecule has 1 aromatic rings. The minimum absolute atomic E-state index is 0.0226. The lowest BCUT2D eigenvalue weighted by Gasteiger charge is -2.16. The zero-order valence-electron chi connectivity index (χ0n) is 9.30. The largest absolute Gasteiger partial charge is 0.495 e. The molecule has 1 N–H and O–H groups in total. The molecule has 16 heavy (non-hydrogen) atoms. The molecule has 0 aliphatic heterocycles. The number of rotatable bonds is 4. The van der Waals surface area contributed by atoms with E-state index in [4.69, 9.17) is 27.9 Å². The van der Waals surface area contributed by atoms with Gasteiger partial charge < -0.3 is 10.1 Å². The summed E-state index contributed by atoms with van der Waals surface area (Å²) in [5.41, 5.74) is 0.655. The van der Waals surface area contributed by atoms with Gasteiger partial charge >= 0.3 is 0 Å². The molecule has 0 saturated carbocycles. The van der Waals surface area contributed by atoms with Gasteiger partial charge in [-0.1, -0.05) is 23.2 Å². The van der Waals surface area contributed by atoms with Crippen molar-refractivity contribution < 1.29 is 9.53 Å². The summed E-state index contributed by atoms with van der Waals surface area (Å²) in [5.74, 6) is 0.472. The average molecular weight is 262 g/mol. The maximum absolute atomic E-state index is 11.4. The lowest BCUT2D eigenvalue weighted by Crippen LogP contribution is -2.23. The van der Waals surface area contributed by atoms with Crippen molar-refractivity contribution in [1.29, 1.82) is 0 Å². The summed E-state index contributed by atoms with van der Waals surface area (Å²) in [4.78, 5) is 11.4. The van der Waals surface area contributed by atoms with Crippen LogP contribution in [0.1, 0.15) is 18.5 Å². The van der Waals surface area contributed by atoms with Crippen LogP contribution >= 0.6 is 23.2 Å². The van der Waals surface area contributed by atoms with Crippen LogP contribution in [0.5, 0.6) is 5.75 Å². The van der Waals surface area contributed by atoms with E-state index in [0.717, 1.165) is 0 Å². The highest BCUT2D eigenvalue weighted by Crippen LogP contribution is 2.34. The monoisotopic (exact) mass is 261 g/mol. The third-order valence-electron chi connectivity index (χ3n) is 2.28. The molecule has 0 aliphatic rings. The van der Waals surface area contributed by atoms with Gasteiger partial charge in [0.1, 0.15) is 5.75 Å². The SMILES string of the molecule is CNC(C(C)=O)c1cc(Cl)c(OC)cc1Cl. The third-order valence-corrected chi connectivity index (χ3v) is 2.90. The maximum Gasteiger partial charge on any atom is 0.151 e. The summed E-state index contributed by atoms with van der Waals surface area (Å²) in [6.07, 6.45) is 0. The molecule has 0 aliphatic carbocycles. The first-order chi connectivity index (χ1) is 7.51. The number of hydrogen-bond donors (Lipinski definition) is 1. The third kappa shape index (κ3) is 2.67. The first-order valence-electron chi connectivity index (χ1n) is 4.72. The quantitative estimate of drug-likeness (QED) is 0.906. The summed E-state index contributed by atoms with van der Waals surface area (Å²) in [5, 5.41) is 3.78. The molecule has 0 heterocycles. The highest BCUT2D eigenvalue weighted by molar-refractivity contribution is 6.35. The van der Waals surface area contributed by atoms with Crippen LogP contribution in [-0.4, -0.2) is 19.9 Å². The van der Waals surface area contributed by atoms with Gasteiger partial charge in [0.05, 0.1) is 18.2 Å². The summed E-state index contributed by atoms with van der Waals surface area (Å²) < 4.78 is 5.03. The maximum atomic E-state index is 11.4. The number of carbonyl (C=O) groups excluding carboxylic acids is 1. The summed E-state index contributed by atoms with van der Waals surface area (Å²) >= 11 is 12.1. The van der Waals surface area contributed by atoms with E-state index in [2.05, 4.69) is 5.32 Å². The highest BCUT2D eigenvalue weighted by Gasteiger charge is 2.19. The van der Waals surface area contributed by atoms with Gasteiger partial charge in [-0.15, -0.1) is 0 Å². The van der Waals surface area contributed by atoms with Crippen LogP contribution in [0.15, 0.2) is 12.1 Å². The Morgan fingerprint density at radius 3 is 2.44 bits per heavy atom. The molecule has 88 valence electrons. The van der Waals surface area contributed by atoms with Crippen LogP contribution in [-0.2, 0) is 4.79 Å². The number of benzene rings is 1. The van der Waals surface area contributed by atoms with Gasteiger partial charge in [-0.3, -0.25) is 4.79 Å². The molecule has 0 amide bonds. The van der Waals surface area contributed by atoms with Crippen molar-refractivity contribution in [3.05, 3.63) is 27.7 Å². The summed E-state index contributed by atoms with van der Waals surface area (Å²) in [7, 11) is 3.21. The topological polar surface area (TPSA) is 38.3 Å². The van der Waals surface area contributed by atoms with Gasteiger partial charge in [0.25, 0.3) is 0 Å². The van der Waals surface area contributed by atoms with E-state index >= 15 is 0 Å². The second-order valence-electron chi connectivity index (χ2n) is 3.34. The van der Waals surface area contributed by atoms with E-state index in [1.807, 2.05) is 0 Å². The van der Waals surface area contributed by atoms with Crippen LogP contribution in [0.4, 0.5) is 0 Å². The summed E-state index contributed by atoms with van der Waals surface area (Å²) in [6.45, 7) is 1.50. The fraction of sp³-hybridized carbons (Fsp3) is 0.364. The highest BCUT2D eigenvalue weighted by atomic mass is 35.5. The molecule has 1 atom stereocenters. The zero-order chi connectivity index (χ0) is 12.3. The van der Waals surface area contributed by atoms with Crippen molar-refractivity contribution in [1.82, 2.24) is 5.32 Å². The normalized spacial score (nSPS) is 12.3. The predicted molar refractivity (Wildman–Crippen MR) is 65.5 cm³/mol. The Balaban J connectivity index is 3.24. The fourth-order valence-electron chi connectivity index (χ4n) is 1.50. The fourth-order valence-corrected chi connectivity index (χ4v) is 2.01. The second kappa shape index (κ2) is 5.53. The molecule has 1 aromatic carbocycles. The number of nitrogens with one attached hydrogen (secondary N) is 1. The van der Waals surface area contributed by atoms with Gasteiger partial charge in [0, 0.05) is 11.1 Å². The van der Waals surface area contributed by atoms with Gasteiger partial charge in [0.2, 0.25) is 0 Å². The van der Waals surface area contributed by atoms with Crippen molar-refractivity contribution in [2.45, 2.75) is 13.0 Å². The Labute approximate surface area is 105 Å². The molecule has 3 nitrogen and oxygen atoms in total. The smallest absolute Gasteiger partial charge is 0.151 e. The second-order valence-corrected chi connectivity index (χ2v) is 4.16. The number of carbonyl (C=O) groups is 1. The molecule has 0 spiro atoms. The zero-order valence-corrected chi connectivity index (χ0v) is 10.8. The van der Waals surface area contributed by atoms with E-state index < -0.39 is 6.04 Å². The molecular weight excluding hydrogens is 249 g/mol. The minimum atomic E-state index is -0.448. The molecule has 0 radical (unpaired) electrons. The van der Waals surface area contributed by atoms with Gasteiger partial charge in [-0.2, -0.15) is 0 Å². The number of hydrogen-bond acceptors (Lipinski definition) is 3. The van der Waals surface area contributed by atoms with Crippen molar-refractivity contribution in [2.75, 3.05) is 14.2 Å². The molecule has 0 aromatic heterocycles. The Morgan fingerprint density at radius 1 is 1.38 bits per heavy atom. The van der Waals surface area contributed by atoms with E-state index in [1.54, 1.807) is 19.2 Å². The van der Waals surface area contributed by atoms with Crippen LogP contribution in [0.3, 0.4) is 0 Å². The number of ether oxygens (including phenoxy) is 1. The van der Waals surface area contributed by atoms with Crippen molar-refractivity contribution >= 4 is 29.0 Å². The lowest BCUT2D eigenvalue weighted by atomic mass is 10.0.